The highest BCUT2D eigenvalue weighted by molar-refractivity contribution is 5.90. The number of fused-ring (bicyclic) bond motifs is 1. The van der Waals surface area contributed by atoms with E-state index in [1.165, 1.54) is 12.0 Å². The van der Waals surface area contributed by atoms with Crippen molar-refractivity contribution in [1.82, 2.24) is 9.88 Å². The van der Waals surface area contributed by atoms with Crippen molar-refractivity contribution in [1.29, 1.82) is 0 Å². The number of amides is 2. The van der Waals surface area contributed by atoms with Gasteiger partial charge < -0.3 is 34.3 Å². The van der Waals surface area contributed by atoms with Gasteiger partial charge in [-0.1, -0.05) is 6.07 Å². The van der Waals surface area contributed by atoms with Crippen LogP contribution in [0.2, 0.25) is 0 Å². The summed E-state index contributed by atoms with van der Waals surface area (Å²) in [6, 6.07) is 8.53. The number of nitrogens with zero attached hydrogens (tertiary/aromatic N) is 2. The number of aliphatic hydroxyl groups is 1. The minimum atomic E-state index is -0.833. The van der Waals surface area contributed by atoms with Crippen molar-refractivity contribution in [3.8, 4) is 17.4 Å². The highest BCUT2D eigenvalue weighted by Gasteiger charge is 2.17. The van der Waals surface area contributed by atoms with Crippen LogP contribution < -0.4 is 19.5 Å². The number of carbonyl (C=O) groups excluding carboxylic acids is 1. The van der Waals surface area contributed by atoms with Crippen LogP contribution in [0.1, 0.15) is 5.56 Å². The molecule has 0 saturated carbocycles. The molecule has 2 amide bonds. The molecule has 1 aliphatic heterocycles. The number of carbonyl (C=O) groups is 1. The lowest BCUT2D eigenvalue weighted by atomic mass is 10.2. The third kappa shape index (κ3) is 5.02. The largest absolute Gasteiger partial charge is 0.480 e. The molecule has 1 aromatic heterocycles. The van der Waals surface area contributed by atoms with E-state index >= 15 is 0 Å². The summed E-state index contributed by atoms with van der Waals surface area (Å²) in [5, 5.41) is 12.8. The molecule has 0 saturated heterocycles. The number of pyridine rings is 1. The second-order valence-corrected chi connectivity index (χ2v) is 6.23. The van der Waals surface area contributed by atoms with E-state index < -0.39 is 6.10 Å². The Bertz CT molecular complexity index is 816. The van der Waals surface area contributed by atoms with Crippen LogP contribution in [0.4, 0.5) is 10.5 Å². The lowest BCUT2D eigenvalue weighted by Gasteiger charge is -2.21. The number of rotatable bonds is 8. The number of nitrogens with one attached hydrogen (secondary N) is 1. The second-order valence-electron chi connectivity index (χ2n) is 6.23. The van der Waals surface area contributed by atoms with E-state index in [-0.39, 0.29) is 26.0 Å². The van der Waals surface area contributed by atoms with Crippen LogP contribution in [0.3, 0.4) is 0 Å². The van der Waals surface area contributed by atoms with Crippen LogP contribution in [0.25, 0.3) is 0 Å². The number of hydrogen-bond donors (Lipinski definition) is 2. The van der Waals surface area contributed by atoms with Crippen molar-refractivity contribution in [2.45, 2.75) is 12.7 Å². The number of aromatic nitrogens is 1. The minimum Gasteiger partial charge on any atom is -0.480 e. The summed E-state index contributed by atoms with van der Waals surface area (Å²) in [6.45, 7) is 0.728. The molecule has 9 heteroatoms. The van der Waals surface area contributed by atoms with Gasteiger partial charge in [-0.3, -0.25) is 0 Å². The Labute approximate surface area is 162 Å². The van der Waals surface area contributed by atoms with Crippen molar-refractivity contribution in [2.24, 2.45) is 0 Å². The lowest BCUT2D eigenvalue weighted by molar-refractivity contribution is 0.0188. The van der Waals surface area contributed by atoms with Crippen molar-refractivity contribution in [3.63, 3.8) is 0 Å². The quantitative estimate of drug-likeness (QED) is 0.710. The Morgan fingerprint density at radius 1 is 1.36 bits per heavy atom. The number of benzene rings is 1. The zero-order chi connectivity index (χ0) is 19.9. The van der Waals surface area contributed by atoms with Gasteiger partial charge in [0.1, 0.15) is 5.69 Å². The molecule has 0 radical (unpaired) electrons. The number of anilines is 1. The number of hydrogen-bond acceptors (Lipinski definition) is 7. The predicted molar refractivity (Wildman–Crippen MR) is 101 cm³/mol. The monoisotopic (exact) mass is 389 g/mol. The number of likely N-dealkylation sites (N-methyl/N-ethyl adjacent to an activating group) is 1. The molecule has 0 spiro atoms. The van der Waals surface area contributed by atoms with Gasteiger partial charge in [0.15, 0.2) is 11.5 Å². The molecule has 0 aliphatic carbocycles. The fraction of sp³-hybridized carbons (Fsp3) is 0.368. The first-order valence-corrected chi connectivity index (χ1v) is 8.72. The Hall–Kier alpha value is -3.04. The number of methoxy groups -OCH3 is 1. The molecule has 2 N–H and O–H groups in total. The van der Waals surface area contributed by atoms with Gasteiger partial charge in [-0.15, -0.1) is 0 Å². The van der Waals surface area contributed by atoms with Gasteiger partial charge in [0.05, 0.1) is 33.0 Å². The van der Waals surface area contributed by atoms with Crippen LogP contribution in [-0.2, 0) is 11.3 Å². The molecule has 1 atom stereocenters. The highest BCUT2D eigenvalue weighted by atomic mass is 16.7. The average Bonchev–Trinajstić information content (AvgIpc) is 3.16. The third-order valence-corrected chi connectivity index (χ3v) is 4.05. The molecule has 28 heavy (non-hydrogen) atoms. The molecule has 2 aromatic rings. The normalized spacial score (nSPS) is 13.1. The summed E-state index contributed by atoms with van der Waals surface area (Å²) < 4.78 is 21.2. The van der Waals surface area contributed by atoms with Crippen LogP contribution in [0, 0.1) is 0 Å². The second kappa shape index (κ2) is 9.25. The minimum absolute atomic E-state index is 0.0856. The Morgan fingerprint density at radius 2 is 2.18 bits per heavy atom. The van der Waals surface area contributed by atoms with Crippen LogP contribution >= 0.6 is 0 Å². The SMILES string of the molecule is COc1ncccc1NC(=O)N(C)CC(O)COCc1ccc2c(c1)OCO2. The smallest absolute Gasteiger partial charge is 0.321 e. The predicted octanol–water partition coefficient (Wildman–Crippen LogP) is 1.86. The molecule has 1 aliphatic rings. The van der Waals surface area contributed by atoms with E-state index in [0.717, 1.165) is 5.56 Å². The molecule has 3 rings (SSSR count). The maximum Gasteiger partial charge on any atom is 0.321 e. The van der Waals surface area contributed by atoms with Gasteiger partial charge in [-0.25, -0.2) is 9.78 Å². The van der Waals surface area contributed by atoms with Gasteiger partial charge in [0.25, 0.3) is 0 Å². The fourth-order valence-corrected chi connectivity index (χ4v) is 2.65. The summed E-state index contributed by atoms with van der Waals surface area (Å²) in [5.74, 6) is 1.71. The lowest BCUT2D eigenvalue weighted by Crippen LogP contribution is -2.39. The first-order valence-electron chi connectivity index (χ1n) is 8.72. The summed E-state index contributed by atoms with van der Waals surface area (Å²) in [7, 11) is 3.06. The molecule has 1 unspecified atom stereocenters. The summed E-state index contributed by atoms with van der Waals surface area (Å²) >= 11 is 0. The zero-order valence-electron chi connectivity index (χ0n) is 15.8. The summed E-state index contributed by atoms with van der Waals surface area (Å²) in [4.78, 5) is 17.7. The Morgan fingerprint density at radius 3 is 3.00 bits per heavy atom. The van der Waals surface area contributed by atoms with Crippen molar-refractivity contribution in [3.05, 3.63) is 42.1 Å². The number of aliphatic hydroxyl groups excluding tert-OH is 1. The van der Waals surface area contributed by atoms with Crippen LogP contribution in [0.5, 0.6) is 17.4 Å². The van der Waals surface area contributed by atoms with Crippen LogP contribution in [0.15, 0.2) is 36.5 Å². The van der Waals surface area contributed by atoms with E-state index in [0.29, 0.717) is 29.7 Å². The topological polar surface area (TPSA) is 102 Å². The zero-order valence-corrected chi connectivity index (χ0v) is 15.8. The van der Waals surface area contributed by atoms with Gasteiger partial charge in [0.2, 0.25) is 12.7 Å². The van der Waals surface area contributed by atoms with E-state index in [1.54, 1.807) is 25.4 Å². The first-order chi connectivity index (χ1) is 13.6. The van der Waals surface area contributed by atoms with Gasteiger partial charge in [-0.2, -0.15) is 0 Å². The highest BCUT2D eigenvalue weighted by Crippen LogP contribution is 2.32. The molecular weight excluding hydrogens is 366 g/mol. The third-order valence-electron chi connectivity index (χ3n) is 4.05. The van der Waals surface area contributed by atoms with Gasteiger partial charge in [0, 0.05) is 13.2 Å². The fourth-order valence-electron chi connectivity index (χ4n) is 2.65. The molecule has 0 bridgehead atoms. The van der Waals surface area contributed by atoms with Crippen molar-refractivity contribution < 1.29 is 28.8 Å². The molecule has 0 fully saturated rings. The van der Waals surface area contributed by atoms with E-state index in [9.17, 15) is 9.90 Å². The van der Waals surface area contributed by atoms with Gasteiger partial charge >= 0.3 is 6.03 Å². The van der Waals surface area contributed by atoms with Crippen molar-refractivity contribution >= 4 is 11.7 Å². The first kappa shape index (κ1) is 19.7. The molecule has 9 nitrogen and oxygen atoms in total. The van der Waals surface area contributed by atoms with Gasteiger partial charge in [-0.05, 0) is 29.8 Å². The Balaban J connectivity index is 1.42. The maximum absolute atomic E-state index is 12.3. The average molecular weight is 389 g/mol. The van der Waals surface area contributed by atoms with Crippen molar-refractivity contribution in [2.75, 3.05) is 39.4 Å². The maximum atomic E-state index is 12.3. The van der Waals surface area contributed by atoms with E-state index in [2.05, 4.69) is 10.3 Å². The Kier molecular flexibility index (Phi) is 6.51. The number of urea groups is 1. The molecule has 2 heterocycles. The standard InChI is InChI=1S/C19H23N3O6/c1-22(19(24)21-15-4-3-7-20-18(15)25-2)9-14(23)11-26-10-13-5-6-16-17(8-13)28-12-27-16/h3-8,14,23H,9-12H2,1-2H3,(H,21,24). The van der Waals surface area contributed by atoms with E-state index in [4.69, 9.17) is 18.9 Å². The van der Waals surface area contributed by atoms with Crippen LogP contribution in [-0.4, -0.2) is 61.2 Å². The summed E-state index contributed by atoms with van der Waals surface area (Å²) in [5.41, 5.74) is 1.36. The molecule has 1 aromatic carbocycles. The number of ether oxygens (including phenoxy) is 4. The van der Waals surface area contributed by atoms with E-state index in [1.807, 2.05) is 18.2 Å². The summed E-state index contributed by atoms with van der Waals surface area (Å²) in [6.07, 6.45) is 0.736. The molecular formula is C19H23N3O6. The molecule has 150 valence electrons.